The highest BCUT2D eigenvalue weighted by molar-refractivity contribution is 7.99. The summed E-state index contributed by atoms with van der Waals surface area (Å²) >= 11 is 0.503. The zero-order valence-electron chi connectivity index (χ0n) is 17.2. The first-order valence-corrected chi connectivity index (χ1v) is 11.2. The third kappa shape index (κ3) is 5.73. The number of nitrogens with zero attached hydrogens (tertiary/aromatic N) is 3. The molecule has 0 atom stereocenters. The maximum Gasteiger partial charge on any atom is 0.288 e. The third-order valence-corrected chi connectivity index (χ3v) is 5.92. The van der Waals surface area contributed by atoms with E-state index in [2.05, 4.69) is 25.5 Å². The summed E-state index contributed by atoms with van der Waals surface area (Å²) in [5.74, 6) is -1.89. The van der Waals surface area contributed by atoms with Crippen LogP contribution in [0.2, 0.25) is 0 Å². The fourth-order valence-corrected chi connectivity index (χ4v) is 4.11. The van der Waals surface area contributed by atoms with E-state index in [0.29, 0.717) is 33.9 Å². The molecule has 2 heterocycles. The second-order valence-corrected chi connectivity index (χ2v) is 8.42. The largest absolute Gasteiger partial charge is 0.355 e. The maximum atomic E-state index is 13.0. The van der Waals surface area contributed by atoms with Crippen molar-refractivity contribution in [2.24, 2.45) is 0 Å². The Morgan fingerprint density at radius 2 is 1.69 bits per heavy atom. The zero-order valence-corrected chi connectivity index (χ0v) is 18.1. The van der Waals surface area contributed by atoms with E-state index in [9.17, 15) is 13.6 Å². The molecule has 2 aromatic carbocycles. The van der Waals surface area contributed by atoms with Crippen LogP contribution >= 0.6 is 11.8 Å². The number of para-hydroxylation sites is 1. The number of rotatable bonds is 7. The summed E-state index contributed by atoms with van der Waals surface area (Å²) < 4.78 is 25.0. The van der Waals surface area contributed by atoms with Crippen LogP contribution in [0.5, 0.6) is 0 Å². The Morgan fingerprint density at radius 3 is 2.38 bits per heavy atom. The van der Waals surface area contributed by atoms with E-state index < -0.39 is 5.76 Å². The van der Waals surface area contributed by atoms with Gasteiger partial charge in [-0.2, -0.15) is 8.78 Å². The van der Waals surface area contributed by atoms with Crippen LogP contribution < -0.4 is 15.5 Å². The van der Waals surface area contributed by atoms with Gasteiger partial charge in [0.2, 0.25) is 5.95 Å². The van der Waals surface area contributed by atoms with Crippen LogP contribution in [0, 0.1) is 0 Å². The maximum absolute atomic E-state index is 13.0. The summed E-state index contributed by atoms with van der Waals surface area (Å²) in [5, 5.41) is 6.35. The number of benzene rings is 2. The van der Waals surface area contributed by atoms with Crippen LogP contribution in [0.4, 0.5) is 26.1 Å². The monoisotopic (exact) mass is 455 g/mol. The molecule has 32 heavy (non-hydrogen) atoms. The molecule has 3 aromatic rings. The van der Waals surface area contributed by atoms with Gasteiger partial charge in [-0.1, -0.05) is 23.9 Å². The van der Waals surface area contributed by atoms with E-state index in [1.54, 1.807) is 48.8 Å². The number of carbonyl (C=O) groups excluding carboxylic acids is 1. The summed E-state index contributed by atoms with van der Waals surface area (Å²) in [5.41, 5.74) is 1.92. The predicted molar refractivity (Wildman–Crippen MR) is 123 cm³/mol. The standard InChI is InChI=1S/C23H23F2N5OS/c24-22(25)32-18-8-6-16(7-9-18)28-20-5-2-1-4-19(20)21(31)29-17-10-14-30(15-11-17)23-26-12-3-13-27-23/h1-9,12-13,17,22,28H,10-11,14-15H2,(H,29,31). The number of piperidine rings is 1. The molecule has 1 aromatic heterocycles. The number of alkyl halides is 2. The number of carbonyl (C=O) groups is 1. The summed E-state index contributed by atoms with van der Waals surface area (Å²) in [4.78, 5) is 24.2. The fraction of sp³-hybridized carbons (Fsp3) is 0.261. The number of anilines is 3. The molecular formula is C23H23F2N5OS. The minimum Gasteiger partial charge on any atom is -0.355 e. The fourth-order valence-electron chi connectivity index (χ4n) is 3.61. The summed E-state index contributed by atoms with van der Waals surface area (Å²) in [6.07, 6.45) is 5.07. The van der Waals surface area contributed by atoms with Gasteiger partial charge < -0.3 is 15.5 Å². The predicted octanol–water partition coefficient (Wildman–Crippen LogP) is 4.93. The summed E-state index contributed by atoms with van der Waals surface area (Å²) in [7, 11) is 0. The second kappa shape index (κ2) is 10.4. The molecule has 4 rings (SSSR count). The Kier molecular flexibility index (Phi) is 7.16. The molecule has 1 saturated heterocycles. The number of hydrogen-bond donors (Lipinski definition) is 2. The first kappa shape index (κ1) is 22.0. The van der Waals surface area contributed by atoms with Gasteiger partial charge in [-0.15, -0.1) is 0 Å². The van der Waals surface area contributed by atoms with Crippen LogP contribution in [0.3, 0.4) is 0 Å². The van der Waals surface area contributed by atoms with Crippen LogP contribution in [0.1, 0.15) is 23.2 Å². The molecule has 0 bridgehead atoms. The van der Waals surface area contributed by atoms with Crippen molar-refractivity contribution in [2.45, 2.75) is 29.5 Å². The van der Waals surface area contributed by atoms with Gasteiger partial charge in [0.05, 0.1) is 11.3 Å². The van der Waals surface area contributed by atoms with Gasteiger partial charge in [-0.25, -0.2) is 9.97 Å². The molecule has 166 valence electrons. The number of aromatic nitrogens is 2. The van der Waals surface area contributed by atoms with Crippen molar-refractivity contribution in [1.82, 2.24) is 15.3 Å². The van der Waals surface area contributed by atoms with Crippen molar-refractivity contribution < 1.29 is 13.6 Å². The first-order valence-electron chi connectivity index (χ1n) is 10.3. The van der Waals surface area contributed by atoms with E-state index in [1.165, 1.54) is 0 Å². The van der Waals surface area contributed by atoms with Crippen LogP contribution in [-0.2, 0) is 0 Å². The van der Waals surface area contributed by atoms with Gasteiger partial charge in [0.25, 0.3) is 11.7 Å². The Morgan fingerprint density at radius 1 is 1.00 bits per heavy atom. The zero-order chi connectivity index (χ0) is 22.3. The lowest BCUT2D eigenvalue weighted by Gasteiger charge is -2.32. The highest BCUT2D eigenvalue weighted by Gasteiger charge is 2.23. The van der Waals surface area contributed by atoms with Crippen molar-refractivity contribution in [1.29, 1.82) is 0 Å². The molecule has 1 fully saturated rings. The van der Waals surface area contributed by atoms with Crippen LogP contribution in [0.15, 0.2) is 71.9 Å². The Balaban J connectivity index is 1.36. The first-order chi connectivity index (χ1) is 15.6. The minimum atomic E-state index is -2.45. The molecule has 9 heteroatoms. The molecule has 1 aliphatic heterocycles. The van der Waals surface area contributed by atoms with Gasteiger partial charge in [-0.3, -0.25) is 4.79 Å². The lowest BCUT2D eigenvalue weighted by molar-refractivity contribution is 0.0932. The Hall–Kier alpha value is -3.20. The van der Waals surface area contributed by atoms with Gasteiger partial charge in [0.15, 0.2) is 0 Å². The van der Waals surface area contributed by atoms with Gasteiger partial charge in [0, 0.05) is 42.1 Å². The lowest BCUT2D eigenvalue weighted by atomic mass is 10.0. The molecule has 6 nitrogen and oxygen atoms in total. The number of halogens is 2. The second-order valence-electron chi connectivity index (χ2n) is 7.36. The van der Waals surface area contributed by atoms with Crippen molar-refractivity contribution in [3.05, 3.63) is 72.6 Å². The summed E-state index contributed by atoms with van der Waals surface area (Å²) in [6.45, 7) is 1.55. The van der Waals surface area contributed by atoms with E-state index in [4.69, 9.17) is 0 Å². The van der Waals surface area contributed by atoms with Crippen LogP contribution in [-0.4, -0.2) is 40.8 Å². The molecule has 0 spiro atoms. The van der Waals surface area contributed by atoms with Crippen molar-refractivity contribution in [2.75, 3.05) is 23.3 Å². The van der Waals surface area contributed by atoms with Crippen molar-refractivity contribution >= 4 is 35.0 Å². The third-order valence-electron chi connectivity index (χ3n) is 5.20. The average molecular weight is 456 g/mol. The van der Waals surface area contributed by atoms with Gasteiger partial charge in [-0.05, 0) is 55.3 Å². The van der Waals surface area contributed by atoms with E-state index >= 15 is 0 Å². The molecule has 1 aliphatic rings. The molecule has 0 aliphatic carbocycles. The molecule has 0 radical (unpaired) electrons. The molecule has 2 N–H and O–H groups in total. The average Bonchev–Trinajstić information content (AvgIpc) is 2.81. The minimum absolute atomic E-state index is 0.0705. The number of thioether (sulfide) groups is 1. The van der Waals surface area contributed by atoms with Gasteiger partial charge >= 0.3 is 0 Å². The molecule has 1 amide bonds. The summed E-state index contributed by atoms with van der Waals surface area (Å²) in [6, 6.07) is 15.8. The van der Waals surface area contributed by atoms with E-state index in [-0.39, 0.29) is 11.9 Å². The normalized spacial score (nSPS) is 14.4. The number of amides is 1. The highest BCUT2D eigenvalue weighted by Crippen LogP contribution is 2.28. The lowest BCUT2D eigenvalue weighted by Crippen LogP contribution is -2.45. The van der Waals surface area contributed by atoms with E-state index in [0.717, 1.165) is 31.6 Å². The van der Waals surface area contributed by atoms with Crippen molar-refractivity contribution in [3.63, 3.8) is 0 Å². The molecule has 0 saturated carbocycles. The van der Waals surface area contributed by atoms with Crippen molar-refractivity contribution in [3.8, 4) is 0 Å². The number of nitrogens with one attached hydrogen (secondary N) is 2. The smallest absolute Gasteiger partial charge is 0.288 e. The molecular weight excluding hydrogens is 432 g/mol. The van der Waals surface area contributed by atoms with Crippen LogP contribution in [0.25, 0.3) is 0 Å². The highest BCUT2D eigenvalue weighted by atomic mass is 32.2. The quantitative estimate of drug-likeness (QED) is 0.492. The molecule has 0 unspecified atom stereocenters. The SMILES string of the molecule is O=C(NC1CCN(c2ncccn2)CC1)c1ccccc1Nc1ccc(SC(F)F)cc1. The Labute approximate surface area is 189 Å². The Bertz CT molecular complexity index is 1030. The topological polar surface area (TPSA) is 70.2 Å². The van der Waals surface area contributed by atoms with E-state index in [1.807, 2.05) is 18.2 Å². The number of hydrogen-bond acceptors (Lipinski definition) is 6. The van der Waals surface area contributed by atoms with Gasteiger partial charge in [0.1, 0.15) is 0 Å².